The van der Waals surface area contributed by atoms with Gasteiger partial charge in [0.2, 0.25) is 0 Å². The standard InChI is InChI=1S/C16H29N3.HI/c1-16(2)10-12-19(13-16)15(17-3)18-11-9-14-7-5-4-6-8-14;/h7H,4-6,8-13H2,1-3H3,(H,17,18);1H. The molecule has 0 atom stereocenters. The first-order valence-electron chi connectivity index (χ1n) is 7.74. The molecular weight excluding hydrogens is 361 g/mol. The quantitative estimate of drug-likeness (QED) is 0.343. The monoisotopic (exact) mass is 391 g/mol. The molecule has 1 saturated heterocycles. The number of rotatable bonds is 3. The predicted octanol–water partition coefficient (Wildman–Crippen LogP) is 3.80. The highest BCUT2D eigenvalue weighted by molar-refractivity contribution is 14.0. The van der Waals surface area contributed by atoms with E-state index in [9.17, 15) is 0 Å². The number of hydrogen-bond donors (Lipinski definition) is 1. The van der Waals surface area contributed by atoms with Crippen molar-refractivity contribution in [3.8, 4) is 0 Å². The zero-order valence-corrected chi connectivity index (χ0v) is 15.6. The molecular formula is C16H30IN3. The maximum atomic E-state index is 4.43. The van der Waals surface area contributed by atoms with Crippen LogP contribution in [-0.4, -0.2) is 37.5 Å². The van der Waals surface area contributed by atoms with Crippen LogP contribution in [0.5, 0.6) is 0 Å². The molecule has 0 aromatic rings. The van der Waals surface area contributed by atoms with Gasteiger partial charge in [0.1, 0.15) is 0 Å². The Hall–Kier alpha value is -0.260. The highest BCUT2D eigenvalue weighted by Crippen LogP contribution is 2.28. The van der Waals surface area contributed by atoms with E-state index in [4.69, 9.17) is 0 Å². The molecule has 0 amide bonds. The van der Waals surface area contributed by atoms with Crippen LogP contribution in [0.1, 0.15) is 52.4 Å². The van der Waals surface area contributed by atoms with E-state index < -0.39 is 0 Å². The van der Waals surface area contributed by atoms with Crippen molar-refractivity contribution in [2.45, 2.75) is 52.4 Å². The summed E-state index contributed by atoms with van der Waals surface area (Å²) in [7, 11) is 1.90. The number of likely N-dealkylation sites (tertiary alicyclic amines) is 1. The van der Waals surface area contributed by atoms with Gasteiger partial charge in [0, 0.05) is 26.7 Å². The molecule has 1 fully saturated rings. The summed E-state index contributed by atoms with van der Waals surface area (Å²) in [5.74, 6) is 1.09. The molecule has 0 aromatic heterocycles. The van der Waals surface area contributed by atoms with Crippen molar-refractivity contribution < 1.29 is 0 Å². The number of allylic oxidation sites excluding steroid dienone is 1. The number of nitrogens with one attached hydrogen (secondary N) is 1. The Balaban J connectivity index is 0.00000200. The third-order valence-corrected chi connectivity index (χ3v) is 4.30. The number of halogens is 1. The van der Waals surface area contributed by atoms with Gasteiger partial charge in [-0.2, -0.15) is 0 Å². The maximum Gasteiger partial charge on any atom is 0.193 e. The summed E-state index contributed by atoms with van der Waals surface area (Å²) in [5, 5.41) is 3.53. The molecule has 0 radical (unpaired) electrons. The summed E-state index contributed by atoms with van der Waals surface area (Å²) < 4.78 is 0. The van der Waals surface area contributed by atoms with E-state index in [-0.39, 0.29) is 24.0 Å². The SMILES string of the molecule is CN=C(NCCC1=CCCCC1)N1CCC(C)(C)C1.I. The van der Waals surface area contributed by atoms with Crippen molar-refractivity contribution in [1.29, 1.82) is 0 Å². The minimum absolute atomic E-state index is 0. The Morgan fingerprint density at radius 1 is 1.40 bits per heavy atom. The molecule has 1 heterocycles. The Bertz CT molecular complexity index is 361. The second-order valence-electron chi connectivity index (χ2n) is 6.67. The van der Waals surface area contributed by atoms with Crippen LogP contribution in [0.15, 0.2) is 16.6 Å². The average Bonchev–Trinajstić information content (AvgIpc) is 2.76. The van der Waals surface area contributed by atoms with Gasteiger partial charge in [-0.25, -0.2) is 0 Å². The van der Waals surface area contributed by atoms with Crippen LogP contribution in [0.3, 0.4) is 0 Å². The zero-order valence-electron chi connectivity index (χ0n) is 13.2. The average molecular weight is 391 g/mol. The second-order valence-corrected chi connectivity index (χ2v) is 6.67. The first kappa shape index (κ1) is 17.8. The first-order chi connectivity index (χ1) is 9.11. The molecule has 0 unspecified atom stereocenters. The van der Waals surface area contributed by atoms with Crippen molar-refractivity contribution >= 4 is 29.9 Å². The number of hydrogen-bond acceptors (Lipinski definition) is 1. The van der Waals surface area contributed by atoms with Gasteiger partial charge in [0.25, 0.3) is 0 Å². The summed E-state index contributed by atoms with van der Waals surface area (Å²) in [4.78, 5) is 6.83. The van der Waals surface area contributed by atoms with E-state index in [1.165, 1.54) is 38.5 Å². The van der Waals surface area contributed by atoms with Gasteiger partial charge in [-0.05, 0) is 43.9 Å². The third-order valence-electron chi connectivity index (χ3n) is 4.30. The van der Waals surface area contributed by atoms with E-state index in [2.05, 4.69) is 35.1 Å². The number of guanidine groups is 1. The van der Waals surface area contributed by atoms with Crippen molar-refractivity contribution in [3.05, 3.63) is 11.6 Å². The van der Waals surface area contributed by atoms with Gasteiger partial charge in [0.05, 0.1) is 0 Å². The Kier molecular flexibility index (Phi) is 7.34. The fourth-order valence-electron chi connectivity index (χ4n) is 3.09. The summed E-state index contributed by atoms with van der Waals surface area (Å²) in [6, 6.07) is 0. The summed E-state index contributed by atoms with van der Waals surface area (Å²) in [6.45, 7) is 7.96. The molecule has 1 aliphatic carbocycles. The number of aliphatic imine (C=N–C) groups is 1. The van der Waals surface area contributed by atoms with E-state index >= 15 is 0 Å². The number of nitrogens with zero attached hydrogens (tertiary/aromatic N) is 2. The van der Waals surface area contributed by atoms with Crippen molar-refractivity contribution in [2.75, 3.05) is 26.7 Å². The van der Waals surface area contributed by atoms with Crippen LogP contribution in [-0.2, 0) is 0 Å². The second kappa shape index (κ2) is 8.25. The van der Waals surface area contributed by atoms with Crippen LogP contribution in [0, 0.1) is 5.41 Å². The fourth-order valence-corrected chi connectivity index (χ4v) is 3.09. The van der Waals surface area contributed by atoms with Crippen molar-refractivity contribution in [2.24, 2.45) is 10.4 Å². The molecule has 0 saturated carbocycles. The molecule has 20 heavy (non-hydrogen) atoms. The Morgan fingerprint density at radius 2 is 2.20 bits per heavy atom. The summed E-state index contributed by atoms with van der Waals surface area (Å²) in [5.41, 5.74) is 2.07. The van der Waals surface area contributed by atoms with Crippen LogP contribution in [0.2, 0.25) is 0 Å². The summed E-state index contributed by atoms with van der Waals surface area (Å²) >= 11 is 0. The zero-order chi connectivity index (χ0) is 13.7. The Labute approximate surface area is 141 Å². The molecule has 0 bridgehead atoms. The van der Waals surface area contributed by atoms with Crippen molar-refractivity contribution in [1.82, 2.24) is 10.2 Å². The van der Waals surface area contributed by atoms with Gasteiger partial charge in [-0.15, -0.1) is 24.0 Å². The normalized spacial score (nSPS) is 22.2. The fraction of sp³-hybridized carbons (Fsp3) is 0.812. The van der Waals surface area contributed by atoms with Crippen LogP contribution in [0.4, 0.5) is 0 Å². The molecule has 0 aromatic carbocycles. The van der Waals surface area contributed by atoms with Gasteiger partial charge < -0.3 is 10.2 Å². The molecule has 1 aliphatic heterocycles. The molecule has 0 spiro atoms. The van der Waals surface area contributed by atoms with Crippen LogP contribution < -0.4 is 5.32 Å². The van der Waals surface area contributed by atoms with Gasteiger partial charge in [0.15, 0.2) is 5.96 Å². The lowest BCUT2D eigenvalue weighted by atomic mass is 9.93. The molecule has 1 N–H and O–H groups in total. The van der Waals surface area contributed by atoms with E-state index in [0.29, 0.717) is 5.41 Å². The van der Waals surface area contributed by atoms with Gasteiger partial charge >= 0.3 is 0 Å². The lowest BCUT2D eigenvalue weighted by Gasteiger charge is -2.24. The Morgan fingerprint density at radius 3 is 2.75 bits per heavy atom. The minimum Gasteiger partial charge on any atom is -0.356 e. The van der Waals surface area contributed by atoms with E-state index in [0.717, 1.165) is 25.6 Å². The van der Waals surface area contributed by atoms with Crippen LogP contribution in [0.25, 0.3) is 0 Å². The van der Waals surface area contributed by atoms with Gasteiger partial charge in [-0.1, -0.05) is 25.5 Å². The first-order valence-corrected chi connectivity index (χ1v) is 7.74. The van der Waals surface area contributed by atoms with Crippen LogP contribution >= 0.6 is 24.0 Å². The highest BCUT2D eigenvalue weighted by atomic mass is 127. The molecule has 116 valence electrons. The smallest absolute Gasteiger partial charge is 0.193 e. The van der Waals surface area contributed by atoms with E-state index in [1.54, 1.807) is 5.57 Å². The lowest BCUT2D eigenvalue weighted by Crippen LogP contribution is -2.41. The molecule has 2 rings (SSSR count). The minimum atomic E-state index is 0. The largest absolute Gasteiger partial charge is 0.356 e. The predicted molar refractivity (Wildman–Crippen MR) is 97.9 cm³/mol. The highest BCUT2D eigenvalue weighted by Gasteiger charge is 2.30. The lowest BCUT2D eigenvalue weighted by molar-refractivity contribution is 0.370. The topological polar surface area (TPSA) is 27.6 Å². The van der Waals surface area contributed by atoms with Gasteiger partial charge in [-0.3, -0.25) is 4.99 Å². The third kappa shape index (κ3) is 5.26. The van der Waals surface area contributed by atoms with E-state index in [1.807, 2.05) is 7.05 Å². The summed E-state index contributed by atoms with van der Waals surface area (Å²) in [6.07, 6.45) is 10.2. The molecule has 4 heteroatoms. The molecule has 3 nitrogen and oxygen atoms in total. The molecule has 2 aliphatic rings. The van der Waals surface area contributed by atoms with Crippen molar-refractivity contribution in [3.63, 3.8) is 0 Å². The maximum absolute atomic E-state index is 4.43.